The molecular formula is C25H23F2N5OS. The first kappa shape index (κ1) is 22.4. The molecule has 1 aromatic heterocycles. The first-order chi connectivity index (χ1) is 16.4. The van der Waals surface area contributed by atoms with E-state index >= 15 is 0 Å². The Kier molecular flexibility index (Phi) is 6.21. The molecule has 2 heterocycles. The van der Waals surface area contributed by atoms with E-state index < -0.39 is 11.6 Å². The standard InChI is InChI=1S/C25H23F2N5OS/c1-31-8-10-32(11-9-31)19-4-2-16(3-5-19)25(33)28-24-22-15-20(6-7-23(22)29-30-24)34-21-13-17(26)12-18(27)14-21/h2-7,12-15H,8-11H2,1H3,(H2,28,29,30,33). The van der Waals surface area contributed by atoms with Crippen molar-refractivity contribution in [3.8, 4) is 0 Å². The Labute approximate surface area is 199 Å². The van der Waals surface area contributed by atoms with Crippen LogP contribution < -0.4 is 10.2 Å². The summed E-state index contributed by atoms with van der Waals surface area (Å²) < 4.78 is 27.1. The van der Waals surface area contributed by atoms with E-state index in [1.807, 2.05) is 42.5 Å². The van der Waals surface area contributed by atoms with E-state index in [2.05, 4.69) is 32.4 Å². The molecule has 2 N–H and O–H groups in total. The van der Waals surface area contributed by atoms with Crippen molar-refractivity contribution in [3.05, 3.63) is 77.9 Å². The minimum absolute atomic E-state index is 0.261. The van der Waals surface area contributed by atoms with Crippen molar-refractivity contribution >= 4 is 40.1 Å². The van der Waals surface area contributed by atoms with Crippen molar-refractivity contribution < 1.29 is 13.6 Å². The third-order valence-corrected chi connectivity index (χ3v) is 6.80. The van der Waals surface area contributed by atoms with Gasteiger partial charge in [-0.05, 0) is 61.6 Å². The quantitative estimate of drug-likeness (QED) is 0.422. The Morgan fingerprint density at radius 1 is 0.941 bits per heavy atom. The fourth-order valence-corrected chi connectivity index (χ4v) is 4.87. The van der Waals surface area contributed by atoms with Gasteiger partial charge < -0.3 is 15.1 Å². The Balaban J connectivity index is 1.31. The maximum absolute atomic E-state index is 13.5. The summed E-state index contributed by atoms with van der Waals surface area (Å²) in [6, 6.07) is 16.5. The van der Waals surface area contributed by atoms with Gasteiger partial charge in [-0.2, -0.15) is 5.10 Å². The number of anilines is 2. The molecule has 9 heteroatoms. The van der Waals surface area contributed by atoms with E-state index in [1.165, 1.54) is 23.9 Å². The molecule has 1 amide bonds. The van der Waals surface area contributed by atoms with Crippen molar-refractivity contribution in [1.82, 2.24) is 15.1 Å². The van der Waals surface area contributed by atoms with Gasteiger partial charge in [0.1, 0.15) is 11.6 Å². The molecule has 34 heavy (non-hydrogen) atoms. The molecule has 0 radical (unpaired) electrons. The number of nitrogens with zero attached hydrogens (tertiary/aromatic N) is 3. The summed E-state index contributed by atoms with van der Waals surface area (Å²) in [7, 11) is 2.12. The van der Waals surface area contributed by atoms with Gasteiger partial charge in [0, 0.05) is 58.7 Å². The van der Waals surface area contributed by atoms with E-state index in [4.69, 9.17) is 0 Å². The van der Waals surface area contributed by atoms with Gasteiger partial charge in [0.25, 0.3) is 5.91 Å². The van der Waals surface area contributed by atoms with Crippen molar-refractivity contribution in [2.75, 3.05) is 43.4 Å². The Hall–Kier alpha value is -3.43. The highest BCUT2D eigenvalue weighted by Gasteiger charge is 2.16. The number of piperazine rings is 1. The second-order valence-corrected chi connectivity index (χ2v) is 9.43. The summed E-state index contributed by atoms with van der Waals surface area (Å²) in [6.45, 7) is 3.96. The number of rotatable bonds is 5. The number of hydrogen-bond acceptors (Lipinski definition) is 5. The van der Waals surface area contributed by atoms with Crippen LogP contribution in [-0.4, -0.2) is 54.2 Å². The summed E-state index contributed by atoms with van der Waals surface area (Å²) in [4.78, 5) is 18.7. The fourth-order valence-electron chi connectivity index (χ4n) is 3.94. The highest BCUT2D eigenvalue weighted by molar-refractivity contribution is 7.99. The number of amides is 1. The monoisotopic (exact) mass is 479 g/mol. The summed E-state index contributed by atoms with van der Waals surface area (Å²) in [6.07, 6.45) is 0. The number of aromatic nitrogens is 2. The fraction of sp³-hybridized carbons (Fsp3) is 0.200. The zero-order chi connectivity index (χ0) is 23.7. The number of nitrogens with one attached hydrogen (secondary N) is 2. The van der Waals surface area contributed by atoms with E-state index in [9.17, 15) is 13.6 Å². The lowest BCUT2D eigenvalue weighted by Crippen LogP contribution is -2.44. The van der Waals surface area contributed by atoms with Crippen LogP contribution in [0.5, 0.6) is 0 Å². The number of carbonyl (C=O) groups excluding carboxylic acids is 1. The number of hydrogen-bond donors (Lipinski definition) is 2. The number of fused-ring (bicyclic) bond motifs is 1. The van der Waals surface area contributed by atoms with Crippen LogP contribution in [0.4, 0.5) is 20.3 Å². The van der Waals surface area contributed by atoms with Gasteiger partial charge in [0.2, 0.25) is 0 Å². The Bertz CT molecular complexity index is 1310. The molecule has 0 atom stereocenters. The highest BCUT2D eigenvalue weighted by atomic mass is 32.2. The first-order valence-electron chi connectivity index (χ1n) is 10.9. The summed E-state index contributed by atoms with van der Waals surface area (Å²) in [5, 5.41) is 10.7. The van der Waals surface area contributed by atoms with Gasteiger partial charge in [0.15, 0.2) is 5.82 Å². The van der Waals surface area contributed by atoms with Crippen LogP contribution in [0.3, 0.4) is 0 Å². The van der Waals surface area contributed by atoms with Gasteiger partial charge in [0.05, 0.1) is 5.52 Å². The molecule has 0 unspecified atom stereocenters. The van der Waals surface area contributed by atoms with Crippen LogP contribution in [0.15, 0.2) is 70.5 Å². The van der Waals surface area contributed by atoms with Crippen LogP contribution in [0.2, 0.25) is 0 Å². The van der Waals surface area contributed by atoms with Crippen molar-refractivity contribution in [2.45, 2.75) is 9.79 Å². The van der Waals surface area contributed by atoms with Crippen LogP contribution in [0.1, 0.15) is 10.4 Å². The van der Waals surface area contributed by atoms with E-state index in [-0.39, 0.29) is 5.91 Å². The lowest BCUT2D eigenvalue weighted by atomic mass is 10.1. The zero-order valence-electron chi connectivity index (χ0n) is 18.5. The smallest absolute Gasteiger partial charge is 0.256 e. The second kappa shape index (κ2) is 9.44. The van der Waals surface area contributed by atoms with Crippen molar-refractivity contribution in [3.63, 3.8) is 0 Å². The third-order valence-electron chi connectivity index (χ3n) is 5.84. The average Bonchev–Trinajstić information content (AvgIpc) is 3.21. The largest absolute Gasteiger partial charge is 0.369 e. The number of carbonyl (C=O) groups is 1. The molecule has 0 aliphatic carbocycles. The maximum atomic E-state index is 13.5. The number of benzene rings is 3. The van der Waals surface area contributed by atoms with Crippen LogP contribution in [0, 0.1) is 11.6 Å². The van der Waals surface area contributed by atoms with Gasteiger partial charge >= 0.3 is 0 Å². The molecule has 1 saturated heterocycles. The molecule has 174 valence electrons. The van der Waals surface area contributed by atoms with Crippen LogP contribution >= 0.6 is 11.8 Å². The zero-order valence-corrected chi connectivity index (χ0v) is 19.3. The molecular weight excluding hydrogens is 456 g/mol. The normalized spacial score (nSPS) is 14.5. The summed E-state index contributed by atoms with van der Waals surface area (Å²) in [5.41, 5.74) is 2.38. The minimum atomic E-state index is -0.626. The maximum Gasteiger partial charge on any atom is 0.256 e. The highest BCUT2D eigenvalue weighted by Crippen LogP contribution is 2.32. The lowest BCUT2D eigenvalue weighted by molar-refractivity contribution is 0.102. The molecule has 6 nitrogen and oxygen atoms in total. The molecule has 4 aromatic rings. The molecule has 3 aromatic carbocycles. The van der Waals surface area contributed by atoms with E-state index in [1.54, 1.807) is 0 Å². The number of H-pyrrole nitrogens is 1. The van der Waals surface area contributed by atoms with Gasteiger partial charge in [-0.3, -0.25) is 9.89 Å². The molecule has 0 bridgehead atoms. The molecule has 0 saturated carbocycles. The van der Waals surface area contributed by atoms with E-state index in [0.29, 0.717) is 21.7 Å². The van der Waals surface area contributed by atoms with Crippen LogP contribution in [-0.2, 0) is 0 Å². The summed E-state index contributed by atoms with van der Waals surface area (Å²) >= 11 is 1.23. The summed E-state index contributed by atoms with van der Waals surface area (Å²) in [5.74, 6) is -1.11. The number of halogens is 2. The topological polar surface area (TPSA) is 64.3 Å². The molecule has 1 aliphatic rings. The predicted octanol–water partition coefficient (Wildman–Crippen LogP) is 5.00. The number of likely N-dealkylation sites (N-methyl/N-ethyl adjacent to an activating group) is 1. The SMILES string of the molecule is CN1CCN(c2ccc(C(=O)Nc3n[nH]c4ccc(Sc5cc(F)cc(F)c5)cc34)cc2)CC1. The first-order valence-corrected chi connectivity index (χ1v) is 11.7. The Morgan fingerprint density at radius 2 is 1.65 bits per heavy atom. The average molecular weight is 480 g/mol. The minimum Gasteiger partial charge on any atom is -0.369 e. The van der Waals surface area contributed by atoms with Gasteiger partial charge in [-0.15, -0.1) is 0 Å². The van der Waals surface area contributed by atoms with Crippen molar-refractivity contribution in [1.29, 1.82) is 0 Å². The van der Waals surface area contributed by atoms with E-state index in [0.717, 1.165) is 48.3 Å². The molecule has 5 rings (SSSR count). The predicted molar refractivity (Wildman–Crippen MR) is 131 cm³/mol. The molecule has 0 spiro atoms. The molecule has 1 fully saturated rings. The van der Waals surface area contributed by atoms with Crippen molar-refractivity contribution in [2.24, 2.45) is 0 Å². The van der Waals surface area contributed by atoms with Gasteiger partial charge in [-0.25, -0.2) is 8.78 Å². The van der Waals surface area contributed by atoms with Crippen LogP contribution in [0.25, 0.3) is 10.9 Å². The number of aromatic amines is 1. The molecule has 1 aliphatic heterocycles. The second-order valence-electron chi connectivity index (χ2n) is 8.28. The lowest BCUT2D eigenvalue weighted by Gasteiger charge is -2.34. The van der Waals surface area contributed by atoms with Gasteiger partial charge in [-0.1, -0.05) is 11.8 Å². The Morgan fingerprint density at radius 3 is 2.35 bits per heavy atom. The third kappa shape index (κ3) is 4.90.